The van der Waals surface area contributed by atoms with E-state index in [0.717, 1.165) is 0 Å². The lowest BCUT2D eigenvalue weighted by molar-refractivity contribution is 1.47. The van der Waals surface area contributed by atoms with Crippen LogP contribution in [0.2, 0.25) is 0 Å². The van der Waals surface area contributed by atoms with Gasteiger partial charge in [0.15, 0.2) is 0 Å². The van der Waals surface area contributed by atoms with Gasteiger partial charge in [0.05, 0.1) is 0 Å². The van der Waals surface area contributed by atoms with Crippen LogP contribution in [0, 0.1) is 0 Å². The van der Waals surface area contributed by atoms with Crippen molar-refractivity contribution in [3.8, 4) is 22.3 Å². The van der Waals surface area contributed by atoms with Gasteiger partial charge in [-0.1, -0.05) is 66.7 Å². The summed E-state index contributed by atoms with van der Waals surface area (Å²) in [6.07, 6.45) is 2.09. The van der Waals surface area contributed by atoms with Crippen LogP contribution in [-0.4, -0.2) is 4.98 Å². The third-order valence-corrected chi connectivity index (χ3v) is 3.87. The normalized spacial score (nSPS) is 10.9. The van der Waals surface area contributed by atoms with Crippen molar-refractivity contribution in [3.63, 3.8) is 0 Å². The predicted octanol–water partition coefficient (Wildman–Crippen LogP) is 5.50. The van der Waals surface area contributed by atoms with Crippen molar-refractivity contribution < 1.29 is 0 Å². The first-order chi connectivity index (χ1) is 10.4. The first-order valence-corrected chi connectivity index (χ1v) is 7.14. The van der Waals surface area contributed by atoms with Crippen LogP contribution in [0.1, 0.15) is 0 Å². The molecule has 0 spiro atoms. The van der Waals surface area contributed by atoms with Crippen molar-refractivity contribution in [3.05, 3.63) is 85.1 Å². The Morgan fingerprint density at radius 3 is 2.19 bits per heavy atom. The van der Waals surface area contributed by atoms with Crippen LogP contribution in [0.15, 0.2) is 85.1 Å². The molecule has 1 nitrogen and oxygen atoms in total. The van der Waals surface area contributed by atoms with Crippen molar-refractivity contribution in [1.82, 2.24) is 4.98 Å². The van der Waals surface area contributed by atoms with E-state index < -0.39 is 0 Å². The van der Waals surface area contributed by atoms with Gasteiger partial charge in [-0.3, -0.25) is 0 Å². The molecular weight excluding hydrogens is 254 g/mol. The Balaban J connectivity index is 1.87. The average Bonchev–Trinajstić information content (AvgIpc) is 3.00. The zero-order valence-corrected chi connectivity index (χ0v) is 11.6. The van der Waals surface area contributed by atoms with Crippen LogP contribution in [0.25, 0.3) is 33.2 Å². The molecule has 0 aliphatic carbocycles. The van der Waals surface area contributed by atoms with E-state index in [1.54, 1.807) is 0 Å². The molecule has 100 valence electrons. The topological polar surface area (TPSA) is 15.8 Å². The van der Waals surface area contributed by atoms with Crippen LogP contribution in [0.4, 0.5) is 0 Å². The van der Waals surface area contributed by atoms with Gasteiger partial charge in [-0.05, 0) is 28.8 Å². The molecule has 0 amide bonds. The lowest BCUT2D eigenvalue weighted by atomic mass is 9.99. The molecule has 4 rings (SSSR count). The molecule has 0 aliphatic heterocycles. The van der Waals surface area contributed by atoms with Crippen molar-refractivity contribution in [2.24, 2.45) is 0 Å². The van der Waals surface area contributed by atoms with E-state index in [0.29, 0.717) is 0 Å². The van der Waals surface area contributed by atoms with Gasteiger partial charge in [-0.25, -0.2) is 0 Å². The molecule has 1 N–H and O–H groups in total. The average molecular weight is 269 g/mol. The van der Waals surface area contributed by atoms with Gasteiger partial charge in [0, 0.05) is 22.7 Å². The maximum atomic E-state index is 3.35. The number of aromatic amines is 1. The number of fused-ring (bicyclic) bond motifs is 1. The summed E-state index contributed by atoms with van der Waals surface area (Å²) in [5.74, 6) is 0. The van der Waals surface area contributed by atoms with E-state index in [1.165, 1.54) is 33.2 Å². The van der Waals surface area contributed by atoms with E-state index in [1.807, 2.05) is 6.07 Å². The summed E-state index contributed by atoms with van der Waals surface area (Å²) in [5, 5.41) is 1.27. The van der Waals surface area contributed by atoms with E-state index in [-0.39, 0.29) is 0 Å². The molecule has 3 aromatic carbocycles. The van der Waals surface area contributed by atoms with Crippen LogP contribution in [0.5, 0.6) is 0 Å². The molecule has 21 heavy (non-hydrogen) atoms. The first kappa shape index (κ1) is 12.0. The zero-order chi connectivity index (χ0) is 14.1. The minimum atomic E-state index is 1.18. The minimum Gasteiger partial charge on any atom is -0.361 e. The van der Waals surface area contributed by atoms with E-state index in [4.69, 9.17) is 0 Å². The fraction of sp³-hybridized carbons (Fsp3) is 0. The van der Waals surface area contributed by atoms with Gasteiger partial charge in [0.2, 0.25) is 0 Å². The second kappa shape index (κ2) is 4.95. The number of para-hydroxylation sites is 1. The zero-order valence-electron chi connectivity index (χ0n) is 11.6. The molecular formula is C20H15N. The van der Waals surface area contributed by atoms with Crippen LogP contribution >= 0.6 is 0 Å². The molecule has 0 unspecified atom stereocenters. The molecule has 0 atom stereocenters. The lowest BCUT2D eigenvalue weighted by Crippen LogP contribution is -1.80. The molecule has 1 aromatic heterocycles. The number of aromatic nitrogens is 1. The lowest BCUT2D eigenvalue weighted by Gasteiger charge is -2.05. The molecule has 0 bridgehead atoms. The van der Waals surface area contributed by atoms with E-state index in [2.05, 4.69) is 84.0 Å². The number of hydrogen-bond acceptors (Lipinski definition) is 0. The third-order valence-electron chi connectivity index (χ3n) is 3.87. The fourth-order valence-electron chi connectivity index (χ4n) is 2.81. The molecule has 0 radical (unpaired) electrons. The summed E-state index contributed by atoms with van der Waals surface area (Å²) in [5.41, 5.74) is 6.17. The Labute approximate surface area is 123 Å². The van der Waals surface area contributed by atoms with Crippen molar-refractivity contribution >= 4 is 10.9 Å². The Bertz CT molecular complexity index is 888. The Morgan fingerprint density at radius 2 is 1.29 bits per heavy atom. The highest BCUT2D eigenvalue weighted by Gasteiger charge is 2.06. The number of benzene rings is 3. The van der Waals surface area contributed by atoms with Crippen LogP contribution in [-0.2, 0) is 0 Å². The quantitative estimate of drug-likeness (QED) is 0.494. The van der Waals surface area contributed by atoms with Gasteiger partial charge < -0.3 is 4.98 Å². The fourth-order valence-corrected chi connectivity index (χ4v) is 2.81. The largest absolute Gasteiger partial charge is 0.361 e. The highest BCUT2D eigenvalue weighted by atomic mass is 14.7. The Hall–Kier alpha value is -2.80. The van der Waals surface area contributed by atoms with Gasteiger partial charge in [-0.15, -0.1) is 0 Å². The van der Waals surface area contributed by atoms with E-state index >= 15 is 0 Å². The van der Waals surface area contributed by atoms with Gasteiger partial charge in [-0.2, -0.15) is 0 Å². The molecule has 0 aliphatic rings. The molecule has 0 saturated carbocycles. The smallest absolute Gasteiger partial charge is 0.0460 e. The summed E-state index contributed by atoms with van der Waals surface area (Å²) >= 11 is 0. The molecule has 0 saturated heterocycles. The SMILES string of the molecule is c1ccc(-c2cccc(-c3c[nH]c4ccccc34)c2)cc1. The van der Waals surface area contributed by atoms with Gasteiger partial charge >= 0.3 is 0 Å². The second-order valence-corrected chi connectivity index (χ2v) is 5.19. The number of H-pyrrole nitrogens is 1. The minimum absolute atomic E-state index is 1.18. The predicted molar refractivity (Wildman–Crippen MR) is 89.2 cm³/mol. The summed E-state index contributed by atoms with van der Waals surface area (Å²) in [4.78, 5) is 3.35. The van der Waals surface area contributed by atoms with Gasteiger partial charge in [0.25, 0.3) is 0 Å². The summed E-state index contributed by atoms with van der Waals surface area (Å²) in [6.45, 7) is 0. The number of nitrogens with one attached hydrogen (secondary N) is 1. The Morgan fingerprint density at radius 1 is 0.571 bits per heavy atom. The number of hydrogen-bond donors (Lipinski definition) is 1. The maximum absolute atomic E-state index is 3.35. The summed E-state index contributed by atoms with van der Waals surface area (Å²) < 4.78 is 0. The highest BCUT2D eigenvalue weighted by molar-refractivity contribution is 5.96. The molecule has 0 fully saturated rings. The molecule has 1 heterocycles. The third kappa shape index (κ3) is 2.13. The van der Waals surface area contributed by atoms with E-state index in [9.17, 15) is 0 Å². The molecule has 1 heteroatoms. The van der Waals surface area contributed by atoms with Crippen LogP contribution < -0.4 is 0 Å². The van der Waals surface area contributed by atoms with Crippen molar-refractivity contribution in [2.45, 2.75) is 0 Å². The first-order valence-electron chi connectivity index (χ1n) is 7.14. The monoisotopic (exact) mass is 269 g/mol. The number of rotatable bonds is 2. The second-order valence-electron chi connectivity index (χ2n) is 5.19. The van der Waals surface area contributed by atoms with Gasteiger partial charge in [0.1, 0.15) is 0 Å². The standard InChI is InChI=1S/C20H15N/c1-2-7-15(8-3-1)16-9-6-10-17(13-16)19-14-21-20-12-5-4-11-18(19)20/h1-14,21H. The summed E-state index contributed by atoms with van der Waals surface area (Å²) in [6, 6.07) is 27.6. The van der Waals surface area contributed by atoms with Crippen molar-refractivity contribution in [1.29, 1.82) is 0 Å². The highest BCUT2D eigenvalue weighted by Crippen LogP contribution is 2.31. The van der Waals surface area contributed by atoms with Crippen molar-refractivity contribution in [2.75, 3.05) is 0 Å². The molecule has 4 aromatic rings. The van der Waals surface area contributed by atoms with Crippen LogP contribution in [0.3, 0.4) is 0 Å². The summed E-state index contributed by atoms with van der Waals surface area (Å²) in [7, 11) is 0. The Kier molecular flexibility index (Phi) is 2.82. The maximum Gasteiger partial charge on any atom is 0.0460 e.